The number of allylic oxidation sites excluding steroid dienone is 1. The molecule has 12 heteroatoms. The van der Waals surface area contributed by atoms with E-state index in [9.17, 15) is 19.4 Å². The number of nitrogens with zero attached hydrogens (tertiary/aromatic N) is 3. The summed E-state index contributed by atoms with van der Waals surface area (Å²) in [5.74, 6) is -1.18. The van der Waals surface area contributed by atoms with Crippen LogP contribution in [0.4, 0.5) is 9.18 Å². The molecular formula is C45H56FN3O8. The van der Waals surface area contributed by atoms with E-state index in [1.54, 1.807) is 30.0 Å². The number of hydrogen-bond donors (Lipinski definition) is 2. The number of hydrogen-bond acceptors (Lipinski definition) is 10. The van der Waals surface area contributed by atoms with E-state index in [2.05, 4.69) is 28.9 Å². The Morgan fingerprint density at radius 1 is 1.09 bits per heavy atom. The largest absolute Gasteiger partial charge is 0.487 e. The first-order valence-electron chi connectivity index (χ1n) is 20.1. The van der Waals surface area contributed by atoms with Crippen LogP contribution in [0.5, 0.6) is 11.5 Å². The highest BCUT2D eigenvalue weighted by Gasteiger charge is 2.65. The molecule has 0 spiro atoms. The summed E-state index contributed by atoms with van der Waals surface area (Å²) in [6, 6.07) is 16.9. The summed E-state index contributed by atoms with van der Waals surface area (Å²) in [4.78, 5) is 26.0. The van der Waals surface area contributed by atoms with Gasteiger partial charge in [-0.1, -0.05) is 48.3 Å². The van der Waals surface area contributed by atoms with Crippen molar-refractivity contribution in [2.24, 2.45) is 22.9 Å². The van der Waals surface area contributed by atoms with Crippen LogP contribution in [0, 0.1) is 30.5 Å². The summed E-state index contributed by atoms with van der Waals surface area (Å²) in [5.41, 5.74) is 4.93. The number of amides is 1. The maximum atomic E-state index is 14.2. The molecule has 6 rings (SSSR count). The molecule has 2 N–H and O–H groups in total. The van der Waals surface area contributed by atoms with E-state index in [0.29, 0.717) is 35.6 Å². The van der Waals surface area contributed by atoms with Crippen molar-refractivity contribution in [2.75, 3.05) is 33.5 Å². The summed E-state index contributed by atoms with van der Waals surface area (Å²) in [6.45, 7) is 8.49. The van der Waals surface area contributed by atoms with Gasteiger partial charge in [0.1, 0.15) is 37.1 Å². The van der Waals surface area contributed by atoms with Gasteiger partial charge in [-0.25, -0.2) is 9.18 Å². The van der Waals surface area contributed by atoms with Gasteiger partial charge in [0.15, 0.2) is 0 Å². The zero-order valence-electron chi connectivity index (χ0n) is 33.3. The minimum absolute atomic E-state index is 0.0442. The van der Waals surface area contributed by atoms with E-state index < -0.39 is 23.8 Å². The summed E-state index contributed by atoms with van der Waals surface area (Å²) in [6.07, 6.45) is 8.14. The van der Waals surface area contributed by atoms with E-state index in [1.807, 2.05) is 37.3 Å². The number of carbonyl (C=O) groups is 1. The second-order valence-electron chi connectivity index (χ2n) is 15.0. The molecule has 3 aromatic rings. The van der Waals surface area contributed by atoms with Crippen LogP contribution < -0.4 is 9.47 Å². The zero-order valence-corrected chi connectivity index (χ0v) is 33.3. The minimum atomic E-state index is -1.46. The van der Waals surface area contributed by atoms with E-state index in [4.69, 9.17) is 23.8 Å². The molecule has 1 amide bonds. The molecule has 0 unspecified atom stereocenters. The molecule has 11 nitrogen and oxygen atoms in total. The Morgan fingerprint density at radius 2 is 1.86 bits per heavy atom. The molecule has 2 aliphatic carbocycles. The lowest BCUT2D eigenvalue weighted by Crippen LogP contribution is -2.70. The van der Waals surface area contributed by atoms with Crippen molar-refractivity contribution >= 4 is 11.8 Å². The monoisotopic (exact) mass is 785 g/mol. The average Bonchev–Trinajstić information content (AvgIpc) is 3.21. The lowest BCUT2D eigenvalue weighted by Gasteiger charge is -2.59. The fourth-order valence-corrected chi connectivity index (χ4v) is 8.98. The Morgan fingerprint density at radius 3 is 2.56 bits per heavy atom. The van der Waals surface area contributed by atoms with Gasteiger partial charge >= 0.3 is 6.09 Å². The van der Waals surface area contributed by atoms with Crippen LogP contribution in [0.3, 0.4) is 0 Å². The minimum Gasteiger partial charge on any atom is -0.487 e. The van der Waals surface area contributed by atoms with Gasteiger partial charge in [0.05, 0.1) is 30.5 Å². The Balaban J connectivity index is 1.56. The number of halogens is 1. The molecule has 2 heterocycles. The molecule has 2 aromatic carbocycles. The number of aromatic nitrogens is 1. The van der Waals surface area contributed by atoms with Crippen LogP contribution in [0.25, 0.3) is 0 Å². The van der Waals surface area contributed by atoms with E-state index in [-0.39, 0.29) is 69.6 Å². The number of unbranched alkanes of at least 4 members (excludes halogenated alkanes) is 2. The Labute approximate surface area is 335 Å². The van der Waals surface area contributed by atoms with E-state index in [0.717, 1.165) is 48.2 Å². The van der Waals surface area contributed by atoms with Crippen LogP contribution in [-0.4, -0.2) is 77.3 Å². The number of ether oxygens (including phenoxy) is 4. The predicted octanol–water partition coefficient (Wildman–Crippen LogP) is 8.03. The van der Waals surface area contributed by atoms with Crippen molar-refractivity contribution in [3.63, 3.8) is 0 Å². The molecule has 1 fully saturated rings. The van der Waals surface area contributed by atoms with Crippen molar-refractivity contribution in [3.05, 3.63) is 113 Å². The Kier molecular flexibility index (Phi) is 14.4. The highest BCUT2D eigenvalue weighted by molar-refractivity contribution is 6.03. The van der Waals surface area contributed by atoms with Crippen LogP contribution in [0.2, 0.25) is 0 Å². The quantitative estimate of drug-likeness (QED) is 0.0705. The van der Waals surface area contributed by atoms with Crippen LogP contribution in [-0.2, 0) is 27.5 Å². The van der Waals surface area contributed by atoms with Gasteiger partial charge < -0.3 is 34.0 Å². The number of fused-ring (bicyclic) bond motifs is 2. The number of pyridine rings is 1. The molecular weight excluding hydrogens is 730 g/mol. The SMILES string of the molecule is C=CCO[C@@]12Oc3ccc(OCc4cccc(C)n4)cc3[C@H]3[C@H](CCCCO)[C@@H](CCCCO)C=C(C(=NOC)C[C@@H]1N(Cc1ccc(F)cc1)C(=O)OCC)[C@H]32. The van der Waals surface area contributed by atoms with Crippen LogP contribution >= 0.6 is 0 Å². The summed E-state index contributed by atoms with van der Waals surface area (Å²) in [5, 5.41) is 24.3. The third kappa shape index (κ3) is 9.35. The van der Waals surface area contributed by atoms with Gasteiger partial charge in [-0.3, -0.25) is 9.88 Å². The van der Waals surface area contributed by atoms with Gasteiger partial charge in [-0.2, -0.15) is 0 Å². The number of carbonyl (C=O) groups excluding carboxylic acids is 1. The first-order chi connectivity index (χ1) is 27.8. The second-order valence-corrected chi connectivity index (χ2v) is 15.0. The highest BCUT2D eigenvalue weighted by atomic mass is 19.1. The number of aliphatic hydroxyl groups excluding tert-OH is 2. The molecule has 0 radical (unpaired) electrons. The van der Waals surface area contributed by atoms with Crippen LogP contribution in [0.1, 0.15) is 80.3 Å². The van der Waals surface area contributed by atoms with Gasteiger partial charge in [-0.15, -0.1) is 6.58 Å². The van der Waals surface area contributed by atoms with Gasteiger partial charge in [0.25, 0.3) is 0 Å². The fraction of sp³-hybridized carbons (Fsp3) is 0.489. The zero-order chi connectivity index (χ0) is 40.4. The van der Waals surface area contributed by atoms with Crippen molar-refractivity contribution in [2.45, 2.75) is 89.7 Å². The standard InChI is InChI=1S/C45H56FN3O8/c1-5-24-56-45-41(49(44(52)54-6-2)28-31-16-18-33(46)19-17-31)27-39(48-53-4)37-25-32(13-7-9-22-50)36(15-8-10-23-51)42(43(37)45)38-26-35(20-21-40(38)57-45)55-29-34-14-11-12-30(3)47-34/h5,11-12,14,16-21,25-26,32,36,41-43,50-51H,1,6-10,13,15,22-24,27-29H2,2-4H3/t32-,36+,41-,42+,43+,45+/m0/s1. The van der Waals surface area contributed by atoms with E-state index in [1.165, 1.54) is 19.2 Å². The Hall–Kier alpha value is -4.78. The molecule has 6 atom stereocenters. The topological polar surface area (TPSA) is 132 Å². The molecule has 306 valence electrons. The van der Waals surface area contributed by atoms with Gasteiger partial charge in [0.2, 0.25) is 5.79 Å². The maximum absolute atomic E-state index is 14.2. The normalized spacial score (nSPS) is 24.1. The van der Waals surface area contributed by atoms with E-state index >= 15 is 0 Å². The number of oxime groups is 1. The van der Waals surface area contributed by atoms with Crippen molar-refractivity contribution in [3.8, 4) is 11.5 Å². The molecule has 1 aliphatic heterocycles. The molecule has 57 heavy (non-hydrogen) atoms. The smallest absolute Gasteiger partial charge is 0.410 e. The van der Waals surface area contributed by atoms with Gasteiger partial charge in [-0.05, 0) is 105 Å². The lowest BCUT2D eigenvalue weighted by molar-refractivity contribution is -0.256. The second kappa shape index (κ2) is 19.6. The summed E-state index contributed by atoms with van der Waals surface area (Å²) < 4.78 is 40.5. The summed E-state index contributed by atoms with van der Waals surface area (Å²) >= 11 is 0. The Bertz CT molecular complexity index is 1890. The third-order valence-electron chi connectivity index (χ3n) is 11.3. The summed E-state index contributed by atoms with van der Waals surface area (Å²) in [7, 11) is 1.51. The molecule has 1 saturated carbocycles. The van der Waals surface area contributed by atoms with Gasteiger partial charge in [0, 0.05) is 43.4 Å². The number of aliphatic hydroxyl groups is 2. The van der Waals surface area contributed by atoms with Crippen LogP contribution in [0.15, 0.2) is 90.1 Å². The molecule has 0 bridgehead atoms. The number of benzene rings is 2. The molecule has 3 aliphatic rings. The van der Waals surface area contributed by atoms with Crippen molar-refractivity contribution in [1.29, 1.82) is 0 Å². The third-order valence-corrected chi connectivity index (χ3v) is 11.3. The fourth-order valence-electron chi connectivity index (χ4n) is 8.98. The molecule has 1 aromatic heterocycles. The highest BCUT2D eigenvalue weighted by Crippen LogP contribution is 2.62. The first-order valence-corrected chi connectivity index (χ1v) is 20.1. The first kappa shape index (κ1) is 41.8. The van der Waals surface area contributed by atoms with Crippen molar-refractivity contribution < 1.29 is 43.2 Å². The lowest BCUT2D eigenvalue weighted by atomic mass is 9.55. The molecule has 0 saturated heterocycles. The number of aryl methyl sites for hydroxylation is 1. The predicted molar refractivity (Wildman–Crippen MR) is 214 cm³/mol. The number of rotatable bonds is 19. The van der Waals surface area contributed by atoms with Crippen molar-refractivity contribution in [1.82, 2.24) is 9.88 Å². The maximum Gasteiger partial charge on any atom is 0.410 e. The average molecular weight is 786 g/mol.